The fraction of sp³-hybridized carbons (Fsp3) is 0.333. The van der Waals surface area contributed by atoms with E-state index in [9.17, 15) is 4.79 Å². The number of nitrogens with zero attached hydrogens (tertiary/aromatic N) is 1. The molecule has 0 aliphatic carbocycles. The molecule has 0 fully saturated rings. The van der Waals surface area contributed by atoms with Gasteiger partial charge in [-0.25, -0.2) is 4.98 Å². The lowest BCUT2D eigenvalue weighted by Gasteiger charge is -2.09. The highest BCUT2D eigenvalue weighted by molar-refractivity contribution is 9.10. The van der Waals surface area contributed by atoms with Gasteiger partial charge in [-0.15, -0.1) is 12.4 Å². The molecule has 0 saturated heterocycles. The molecule has 84 valence electrons. The number of hydrogen-bond donors (Lipinski definition) is 2. The summed E-state index contributed by atoms with van der Waals surface area (Å²) in [6, 6.07) is 1.31. The Kier molecular flexibility index (Phi) is 5.79. The highest BCUT2D eigenvalue weighted by Gasteiger charge is 2.09. The predicted octanol–water partition coefficient (Wildman–Crippen LogP) is 1.86. The summed E-state index contributed by atoms with van der Waals surface area (Å²) in [6.45, 7) is 3.53. The molecule has 0 aliphatic rings. The van der Waals surface area contributed by atoms with Gasteiger partial charge in [0.05, 0.1) is 17.9 Å². The first-order chi connectivity index (χ1) is 6.50. The lowest BCUT2D eigenvalue weighted by atomic mass is 10.2. The van der Waals surface area contributed by atoms with Gasteiger partial charge in [0, 0.05) is 0 Å². The molecule has 0 radical (unpaired) electrons. The average molecular weight is 295 g/mol. The van der Waals surface area contributed by atoms with Crippen LogP contribution in [0, 0.1) is 6.92 Å². The van der Waals surface area contributed by atoms with E-state index in [1.807, 2.05) is 13.0 Å². The van der Waals surface area contributed by atoms with Crippen LogP contribution in [0.15, 0.2) is 16.9 Å². The van der Waals surface area contributed by atoms with Gasteiger partial charge >= 0.3 is 0 Å². The number of nitrogens with one attached hydrogen (secondary N) is 1. The van der Waals surface area contributed by atoms with Crippen molar-refractivity contribution in [3.8, 4) is 0 Å². The summed E-state index contributed by atoms with van der Waals surface area (Å²) in [4.78, 5) is 15.3. The molecule has 0 spiro atoms. The number of aryl methyl sites for hydroxylation is 1. The summed E-state index contributed by atoms with van der Waals surface area (Å²) >= 11 is 3.24. The van der Waals surface area contributed by atoms with Gasteiger partial charge in [-0.2, -0.15) is 0 Å². The minimum Gasteiger partial charge on any atom is -0.323 e. The van der Waals surface area contributed by atoms with Gasteiger partial charge in [-0.3, -0.25) is 4.79 Å². The molecule has 3 N–H and O–H groups in total. The molecule has 1 aromatic heterocycles. The Bertz CT molecular complexity index is 357. The van der Waals surface area contributed by atoms with Gasteiger partial charge < -0.3 is 11.1 Å². The number of rotatable bonds is 2. The van der Waals surface area contributed by atoms with Crippen molar-refractivity contribution < 1.29 is 4.79 Å². The Labute approximate surface area is 103 Å². The maximum Gasteiger partial charge on any atom is 0.241 e. The summed E-state index contributed by atoms with van der Waals surface area (Å²) in [6.07, 6.45) is 1.60. The molecule has 6 heteroatoms. The fourth-order valence-corrected chi connectivity index (χ4v) is 1.34. The first kappa shape index (κ1) is 14.3. The van der Waals surface area contributed by atoms with E-state index in [1.54, 1.807) is 13.1 Å². The average Bonchev–Trinajstić information content (AvgIpc) is 2.09. The second kappa shape index (κ2) is 6.05. The van der Waals surface area contributed by atoms with Crippen molar-refractivity contribution in [2.45, 2.75) is 19.9 Å². The number of carbonyl (C=O) groups is 1. The molecular formula is C9H13BrClN3O. The number of pyridine rings is 1. The van der Waals surface area contributed by atoms with Crippen molar-refractivity contribution in [3.63, 3.8) is 0 Å². The van der Waals surface area contributed by atoms with Crippen LogP contribution in [-0.2, 0) is 4.79 Å². The number of halogens is 2. The van der Waals surface area contributed by atoms with Gasteiger partial charge in [0.15, 0.2) is 0 Å². The molecular weight excluding hydrogens is 281 g/mol. The maximum absolute atomic E-state index is 11.3. The van der Waals surface area contributed by atoms with Crippen molar-refractivity contribution in [1.29, 1.82) is 0 Å². The molecule has 1 atom stereocenters. The largest absolute Gasteiger partial charge is 0.323 e. The highest BCUT2D eigenvalue weighted by Crippen LogP contribution is 2.17. The summed E-state index contributed by atoms with van der Waals surface area (Å²) in [5, 5.41) is 2.69. The third-order valence-corrected chi connectivity index (χ3v) is 2.18. The molecule has 1 heterocycles. The van der Waals surface area contributed by atoms with Crippen LogP contribution in [-0.4, -0.2) is 16.9 Å². The zero-order chi connectivity index (χ0) is 10.7. The first-order valence-electron chi connectivity index (χ1n) is 4.19. The van der Waals surface area contributed by atoms with E-state index >= 15 is 0 Å². The number of anilines is 1. The van der Waals surface area contributed by atoms with E-state index in [-0.39, 0.29) is 18.3 Å². The molecule has 0 aliphatic heterocycles. The highest BCUT2D eigenvalue weighted by atomic mass is 79.9. The lowest BCUT2D eigenvalue weighted by molar-refractivity contribution is -0.117. The van der Waals surface area contributed by atoms with E-state index in [1.165, 1.54) is 0 Å². The zero-order valence-corrected chi connectivity index (χ0v) is 10.9. The summed E-state index contributed by atoms with van der Waals surface area (Å²) < 4.78 is 0.744. The van der Waals surface area contributed by atoms with E-state index in [2.05, 4.69) is 26.2 Å². The van der Waals surface area contributed by atoms with Crippen LogP contribution in [0.2, 0.25) is 0 Å². The quantitative estimate of drug-likeness (QED) is 0.818. The Balaban J connectivity index is 0.00000196. The van der Waals surface area contributed by atoms with Crippen LogP contribution in [0.3, 0.4) is 0 Å². The van der Waals surface area contributed by atoms with Crippen LogP contribution in [0.4, 0.5) is 5.69 Å². The van der Waals surface area contributed by atoms with Crippen molar-refractivity contribution in [1.82, 2.24) is 4.98 Å². The van der Waals surface area contributed by atoms with Crippen molar-refractivity contribution in [2.75, 3.05) is 5.32 Å². The van der Waals surface area contributed by atoms with Crippen LogP contribution in [0.25, 0.3) is 0 Å². The Morgan fingerprint density at radius 1 is 1.67 bits per heavy atom. The van der Waals surface area contributed by atoms with Gasteiger partial charge in [-0.1, -0.05) is 0 Å². The van der Waals surface area contributed by atoms with E-state index in [0.29, 0.717) is 5.69 Å². The Hall–Kier alpha value is -0.650. The van der Waals surface area contributed by atoms with Gasteiger partial charge in [-0.05, 0) is 41.4 Å². The predicted molar refractivity (Wildman–Crippen MR) is 66.2 cm³/mol. The van der Waals surface area contributed by atoms with E-state index in [0.717, 1.165) is 10.2 Å². The van der Waals surface area contributed by atoms with Crippen LogP contribution in [0.5, 0.6) is 0 Å². The molecule has 0 bridgehead atoms. The molecule has 1 amide bonds. The minimum absolute atomic E-state index is 0. The minimum atomic E-state index is -0.516. The topological polar surface area (TPSA) is 68.0 Å². The molecule has 0 saturated carbocycles. The third-order valence-electron chi connectivity index (χ3n) is 1.75. The fourth-order valence-electron chi connectivity index (χ4n) is 0.899. The summed E-state index contributed by atoms with van der Waals surface area (Å²) in [5.41, 5.74) is 7.06. The second-order valence-electron chi connectivity index (χ2n) is 3.10. The summed E-state index contributed by atoms with van der Waals surface area (Å²) in [5.74, 6) is -0.211. The smallest absolute Gasteiger partial charge is 0.241 e. The number of nitrogens with two attached hydrogens (primary N) is 1. The number of hydrogen-bond acceptors (Lipinski definition) is 3. The third kappa shape index (κ3) is 4.15. The molecule has 1 aromatic rings. The number of carbonyl (C=O) groups excluding carboxylic acids is 1. The van der Waals surface area contributed by atoms with Gasteiger partial charge in [0.2, 0.25) is 5.91 Å². The van der Waals surface area contributed by atoms with E-state index < -0.39 is 6.04 Å². The van der Waals surface area contributed by atoms with Crippen LogP contribution < -0.4 is 11.1 Å². The number of aromatic nitrogens is 1. The van der Waals surface area contributed by atoms with Crippen molar-refractivity contribution in [3.05, 3.63) is 22.4 Å². The Morgan fingerprint density at radius 3 is 2.73 bits per heavy atom. The van der Waals surface area contributed by atoms with Crippen LogP contribution >= 0.6 is 28.3 Å². The normalized spacial score (nSPS) is 11.5. The lowest BCUT2D eigenvalue weighted by Crippen LogP contribution is -2.32. The van der Waals surface area contributed by atoms with Crippen LogP contribution in [0.1, 0.15) is 12.5 Å². The summed E-state index contributed by atoms with van der Waals surface area (Å²) in [7, 11) is 0. The van der Waals surface area contributed by atoms with Crippen molar-refractivity contribution >= 4 is 39.9 Å². The van der Waals surface area contributed by atoms with Gasteiger partial charge in [0.1, 0.15) is 4.60 Å². The van der Waals surface area contributed by atoms with Crippen molar-refractivity contribution in [2.24, 2.45) is 5.73 Å². The molecule has 0 aromatic carbocycles. The molecule has 1 rings (SSSR count). The van der Waals surface area contributed by atoms with Gasteiger partial charge in [0.25, 0.3) is 0 Å². The maximum atomic E-state index is 11.3. The molecule has 15 heavy (non-hydrogen) atoms. The molecule has 4 nitrogen and oxygen atoms in total. The first-order valence-corrected chi connectivity index (χ1v) is 4.98. The SMILES string of the molecule is Cc1cc(Br)ncc1NC(=O)[C@H](C)N.Cl. The number of amides is 1. The molecule has 0 unspecified atom stereocenters. The monoisotopic (exact) mass is 293 g/mol. The van der Waals surface area contributed by atoms with E-state index in [4.69, 9.17) is 5.73 Å². The Morgan fingerprint density at radius 2 is 2.27 bits per heavy atom. The second-order valence-corrected chi connectivity index (χ2v) is 3.91. The zero-order valence-electron chi connectivity index (χ0n) is 8.45. The standard InChI is InChI=1S/C9H12BrN3O.ClH/c1-5-3-8(10)12-4-7(5)13-9(14)6(2)11;/h3-4,6H,11H2,1-2H3,(H,13,14);1H/t6-;/m0./s1.